The van der Waals surface area contributed by atoms with Gasteiger partial charge in [-0.05, 0) is 25.1 Å². The van der Waals surface area contributed by atoms with Crippen molar-refractivity contribution < 1.29 is 18.0 Å². The number of thiocarbonyl (C=S) groups is 1. The second-order valence-electron chi connectivity index (χ2n) is 4.31. The second-order valence-corrected chi connectivity index (χ2v) is 4.72. The second kappa shape index (κ2) is 7.81. The Hall–Kier alpha value is -1.84. The Kier molecular flexibility index (Phi) is 6.40. The van der Waals surface area contributed by atoms with E-state index in [1.165, 1.54) is 0 Å². The Morgan fingerprint density at radius 1 is 1.43 bits per heavy atom. The first-order valence-corrected chi connectivity index (χ1v) is 6.60. The highest BCUT2D eigenvalue weighted by molar-refractivity contribution is 7.80. The molecule has 1 amide bonds. The Balaban J connectivity index is 2.31. The molecule has 10 heteroatoms. The van der Waals surface area contributed by atoms with E-state index in [9.17, 15) is 18.0 Å². The fraction of sp³-hybridized carbons (Fsp3) is 0.545. The van der Waals surface area contributed by atoms with Crippen LogP contribution in [0.5, 0.6) is 0 Å². The maximum atomic E-state index is 12.0. The Morgan fingerprint density at radius 2 is 2.14 bits per heavy atom. The van der Waals surface area contributed by atoms with Gasteiger partial charge in [-0.25, -0.2) is 0 Å². The van der Waals surface area contributed by atoms with E-state index in [-0.39, 0.29) is 11.0 Å². The van der Waals surface area contributed by atoms with Gasteiger partial charge in [0, 0.05) is 25.2 Å². The molecule has 0 unspecified atom stereocenters. The molecule has 0 bridgehead atoms. The number of alkyl halides is 3. The Morgan fingerprint density at radius 3 is 2.76 bits per heavy atom. The Labute approximate surface area is 124 Å². The first-order valence-electron chi connectivity index (χ1n) is 6.19. The summed E-state index contributed by atoms with van der Waals surface area (Å²) in [5, 5.41) is 8.54. The minimum absolute atomic E-state index is 0.147. The molecule has 0 radical (unpaired) electrons. The van der Waals surface area contributed by atoms with Gasteiger partial charge in [-0.1, -0.05) is 0 Å². The molecule has 0 aliphatic rings. The molecule has 0 saturated heterocycles. The van der Waals surface area contributed by atoms with Crippen LogP contribution in [0.25, 0.3) is 0 Å². The predicted octanol–water partition coefficient (Wildman–Crippen LogP) is 1.39. The van der Waals surface area contributed by atoms with Gasteiger partial charge in [0.05, 0.1) is 0 Å². The van der Waals surface area contributed by atoms with Crippen LogP contribution in [0.15, 0.2) is 12.3 Å². The first kappa shape index (κ1) is 17.2. The molecule has 0 aliphatic heterocycles. The van der Waals surface area contributed by atoms with Crippen LogP contribution in [0.4, 0.5) is 19.0 Å². The van der Waals surface area contributed by atoms with Gasteiger partial charge in [0.2, 0.25) is 5.91 Å². The van der Waals surface area contributed by atoms with Crippen LogP contribution in [0.3, 0.4) is 0 Å². The molecule has 0 aliphatic carbocycles. The summed E-state index contributed by atoms with van der Waals surface area (Å²) in [7, 11) is 0. The summed E-state index contributed by atoms with van der Waals surface area (Å²) in [6, 6.07) is 1.59. The highest BCUT2D eigenvalue weighted by Crippen LogP contribution is 2.12. The predicted molar refractivity (Wildman–Crippen MR) is 75.6 cm³/mol. The zero-order valence-electron chi connectivity index (χ0n) is 11.1. The lowest BCUT2D eigenvalue weighted by atomic mass is 10.2. The first-order chi connectivity index (χ1) is 9.76. The number of aryl methyl sites for hydroxylation is 1. The number of unbranched alkanes of at least 4 members (excludes halogenated alkanes) is 1. The summed E-state index contributed by atoms with van der Waals surface area (Å²) in [5.74, 6) is 0.00323. The standard InChI is InChI=1S/C11H16F3N5OS/c12-11(13,14)7-16-10(21)17-9-4-6-19(18-9)5-2-1-3-8(15)20/h4,6H,1-3,5,7H2,(H2,15,20)(H2,16,17,18,21). The number of carbonyl (C=O) groups is 1. The van der Waals surface area contributed by atoms with Crippen LogP contribution in [-0.4, -0.2) is 33.5 Å². The van der Waals surface area contributed by atoms with Gasteiger partial charge in [-0.15, -0.1) is 0 Å². The fourth-order valence-electron chi connectivity index (χ4n) is 1.47. The van der Waals surface area contributed by atoms with E-state index in [0.717, 1.165) is 6.42 Å². The summed E-state index contributed by atoms with van der Waals surface area (Å²) >= 11 is 4.73. The van der Waals surface area contributed by atoms with E-state index in [4.69, 9.17) is 18.0 Å². The average Bonchev–Trinajstić information content (AvgIpc) is 2.79. The Bertz CT molecular complexity index is 488. The number of rotatable bonds is 7. The van der Waals surface area contributed by atoms with Crippen molar-refractivity contribution in [1.82, 2.24) is 15.1 Å². The van der Waals surface area contributed by atoms with Gasteiger partial charge in [0.15, 0.2) is 10.9 Å². The van der Waals surface area contributed by atoms with Crippen molar-refractivity contribution in [3.05, 3.63) is 12.3 Å². The molecule has 1 heterocycles. The van der Waals surface area contributed by atoms with E-state index in [2.05, 4.69) is 10.4 Å². The van der Waals surface area contributed by atoms with Gasteiger partial charge < -0.3 is 16.4 Å². The van der Waals surface area contributed by atoms with Crippen LogP contribution in [0.1, 0.15) is 19.3 Å². The molecular formula is C11H16F3N5OS. The molecule has 0 saturated carbocycles. The molecule has 4 N–H and O–H groups in total. The smallest absolute Gasteiger partial charge is 0.370 e. The van der Waals surface area contributed by atoms with Gasteiger partial charge in [-0.2, -0.15) is 18.3 Å². The monoisotopic (exact) mass is 323 g/mol. The number of nitrogens with two attached hydrogens (primary N) is 1. The lowest BCUT2D eigenvalue weighted by Gasteiger charge is -2.10. The van der Waals surface area contributed by atoms with Gasteiger partial charge >= 0.3 is 6.18 Å². The zero-order chi connectivity index (χ0) is 15.9. The number of primary amides is 1. The molecule has 0 fully saturated rings. The topological polar surface area (TPSA) is 85.0 Å². The number of aromatic nitrogens is 2. The SMILES string of the molecule is NC(=O)CCCCn1ccc(NC(=S)NCC(F)(F)F)n1. The van der Waals surface area contributed by atoms with Crippen molar-refractivity contribution >= 4 is 29.1 Å². The molecule has 118 valence electrons. The number of carbonyl (C=O) groups excluding carboxylic acids is 1. The fourth-order valence-corrected chi connectivity index (χ4v) is 1.64. The van der Waals surface area contributed by atoms with Crippen molar-refractivity contribution in [2.75, 3.05) is 11.9 Å². The highest BCUT2D eigenvalue weighted by Gasteiger charge is 2.27. The third kappa shape index (κ3) is 8.12. The van der Waals surface area contributed by atoms with Crippen LogP contribution in [0, 0.1) is 0 Å². The van der Waals surface area contributed by atoms with Gasteiger partial charge in [0.1, 0.15) is 6.54 Å². The summed E-state index contributed by atoms with van der Waals surface area (Å²) in [6.07, 6.45) is -0.966. The minimum atomic E-state index is -4.33. The van der Waals surface area contributed by atoms with Crippen molar-refractivity contribution in [1.29, 1.82) is 0 Å². The third-order valence-corrected chi connectivity index (χ3v) is 2.64. The molecule has 1 aromatic heterocycles. The van der Waals surface area contributed by atoms with Crippen molar-refractivity contribution in [2.24, 2.45) is 5.73 Å². The number of amides is 1. The van der Waals surface area contributed by atoms with Gasteiger partial charge in [-0.3, -0.25) is 9.48 Å². The molecule has 21 heavy (non-hydrogen) atoms. The van der Waals surface area contributed by atoms with E-state index in [1.807, 2.05) is 5.32 Å². The van der Waals surface area contributed by atoms with Crippen molar-refractivity contribution in [3.63, 3.8) is 0 Å². The maximum Gasteiger partial charge on any atom is 0.405 e. The highest BCUT2D eigenvalue weighted by atomic mass is 32.1. The largest absolute Gasteiger partial charge is 0.405 e. The zero-order valence-corrected chi connectivity index (χ0v) is 11.9. The average molecular weight is 323 g/mol. The van der Waals surface area contributed by atoms with Gasteiger partial charge in [0.25, 0.3) is 0 Å². The van der Waals surface area contributed by atoms with Crippen LogP contribution in [0.2, 0.25) is 0 Å². The quantitative estimate of drug-likeness (QED) is 0.521. The van der Waals surface area contributed by atoms with E-state index in [0.29, 0.717) is 25.2 Å². The lowest BCUT2D eigenvalue weighted by molar-refractivity contribution is -0.122. The van der Waals surface area contributed by atoms with Crippen molar-refractivity contribution in [2.45, 2.75) is 32.0 Å². The molecular weight excluding hydrogens is 307 g/mol. The lowest BCUT2D eigenvalue weighted by Crippen LogP contribution is -2.36. The minimum Gasteiger partial charge on any atom is -0.370 e. The number of hydrogen-bond donors (Lipinski definition) is 3. The molecule has 6 nitrogen and oxygen atoms in total. The molecule has 0 atom stereocenters. The molecule has 0 spiro atoms. The third-order valence-electron chi connectivity index (χ3n) is 2.39. The number of hydrogen-bond acceptors (Lipinski definition) is 3. The number of halogens is 3. The number of anilines is 1. The summed E-state index contributed by atoms with van der Waals surface area (Å²) in [6.45, 7) is -0.621. The van der Waals surface area contributed by atoms with Crippen LogP contribution >= 0.6 is 12.2 Å². The molecule has 1 aromatic rings. The normalized spacial score (nSPS) is 11.2. The van der Waals surface area contributed by atoms with E-state index >= 15 is 0 Å². The van der Waals surface area contributed by atoms with Crippen molar-refractivity contribution in [3.8, 4) is 0 Å². The van der Waals surface area contributed by atoms with Crippen LogP contribution < -0.4 is 16.4 Å². The summed E-state index contributed by atoms with van der Waals surface area (Å²) in [5.41, 5.74) is 5.02. The maximum absolute atomic E-state index is 12.0. The number of nitrogens with one attached hydrogen (secondary N) is 2. The number of nitrogens with zero attached hydrogens (tertiary/aromatic N) is 2. The molecule has 1 rings (SSSR count). The van der Waals surface area contributed by atoms with Crippen LogP contribution in [-0.2, 0) is 11.3 Å². The molecule has 0 aromatic carbocycles. The van der Waals surface area contributed by atoms with E-state index < -0.39 is 12.7 Å². The summed E-state index contributed by atoms with van der Waals surface area (Å²) in [4.78, 5) is 10.6. The van der Waals surface area contributed by atoms with E-state index in [1.54, 1.807) is 16.9 Å². The summed E-state index contributed by atoms with van der Waals surface area (Å²) < 4.78 is 37.6.